The van der Waals surface area contributed by atoms with Crippen LogP contribution in [-0.2, 0) is 6.61 Å². The average molecular weight is 297 g/mol. The highest BCUT2D eigenvalue weighted by atomic mass is 79.9. The summed E-state index contributed by atoms with van der Waals surface area (Å²) in [5, 5.41) is 0. The minimum atomic E-state index is -0.393. The fraction of sp³-hybridized carbons (Fsp3) is 0.0833. The summed E-state index contributed by atoms with van der Waals surface area (Å²) in [6.07, 6.45) is 1.59. The second kappa shape index (κ2) is 5.14. The Bertz CT molecular complexity index is 534. The van der Waals surface area contributed by atoms with E-state index < -0.39 is 5.82 Å². The van der Waals surface area contributed by atoms with Crippen molar-refractivity contribution < 1.29 is 9.13 Å². The summed E-state index contributed by atoms with van der Waals surface area (Å²) in [5.74, 6) is 0.228. The quantitative estimate of drug-likeness (QED) is 0.946. The van der Waals surface area contributed by atoms with Crippen LogP contribution in [0.15, 0.2) is 41.0 Å². The van der Waals surface area contributed by atoms with Gasteiger partial charge < -0.3 is 10.5 Å². The Morgan fingerprint density at radius 1 is 1.29 bits per heavy atom. The fourth-order valence-corrected chi connectivity index (χ4v) is 1.67. The normalized spacial score (nSPS) is 10.2. The van der Waals surface area contributed by atoms with Crippen molar-refractivity contribution in [3.8, 4) is 5.75 Å². The monoisotopic (exact) mass is 296 g/mol. The van der Waals surface area contributed by atoms with Gasteiger partial charge >= 0.3 is 0 Å². The Hall–Kier alpha value is -1.62. The Labute approximate surface area is 107 Å². The molecule has 1 aromatic carbocycles. The first kappa shape index (κ1) is 11.9. The lowest BCUT2D eigenvalue weighted by atomic mass is 10.3. The highest BCUT2D eigenvalue weighted by Gasteiger charge is 2.04. The number of anilines is 1. The predicted molar refractivity (Wildman–Crippen MR) is 67.1 cm³/mol. The van der Waals surface area contributed by atoms with Crippen LogP contribution in [0.5, 0.6) is 5.75 Å². The van der Waals surface area contributed by atoms with Gasteiger partial charge in [-0.2, -0.15) is 0 Å². The molecule has 0 fully saturated rings. The summed E-state index contributed by atoms with van der Waals surface area (Å²) in [7, 11) is 0. The molecule has 0 saturated heterocycles. The fourth-order valence-electron chi connectivity index (χ4n) is 1.33. The summed E-state index contributed by atoms with van der Waals surface area (Å²) >= 11 is 3.26. The van der Waals surface area contributed by atoms with Crippen LogP contribution < -0.4 is 10.5 Å². The highest BCUT2D eigenvalue weighted by molar-refractivity contribution is 9.10. The first-order valence-electron chi connectivity index (χ1n) is 4.93. The van der Waals surface area contributed by atoms with Crippen molar-refractivity contribution in [2.45, 2.75) is 6.61 Å². The molecular weight excluding hydrogens is 287 g/mol. The lowest BCUT2D eigenvalue weighted by Crippen LogP contribution is -1.99. The predicted octanol–water partition coefficient (Wildman–Crippen LogP) is 3.14. The maximum atomic E-state index is 13.4. The molecular formula is C12H10BrFN2O. The van der Waals surface area contributed by atoms with Gasteiger partial charge in [-0.05, 0) is 35.9 Å². The number of nitrogens with two attached hydrogens (primary N) is 1. The van der Waals surface area contributed by atoms with Crippen molar-refractivity contribution in [1.82, 2.24) is 4.98 Å². The van der Waals surface area contributed by atoms with Crippen molar-refractivity contribution in [3.63, 3.8) is 0 Å². The summed E-state index contributed by atoms with van der Waals surface area (Å²) in [5.41, 5.74) is 6.38. The Kier molecular flexibility index (Phi) is 3.58. The van der Waals surface area contributed by atoms with Crippen LogP contribution in [0.2, 0.25) is 0 Å². The van der Waals surface area contributed by atoms with Crippen LogP contribution in [0.1, 0.15) is 5.56 Å². The molecule has 0 spiro atoms. The molecule has 0 aliphatic rings. The Morgan fingerprint density at radius 3 is 2.88 bits per heavy atom. The highest BCUT2D eigenvalue weighted by Crippen LogP contribution is 2.23. The number of halogens is 2. The zero-order valence-corrected chi connectivity index (χ0v) is 10.4. The second-order valence-electron chi connectivity index (χ2n) is 3.45. The molecule has 3 nitrogen and oxygen atoms in total. The van der Waals surface area contributed by atoms with Crippen molar-refractivity contribution in [2.24, 2.45) is 0 Å². The minimum absolute atomic E-state index is 0.203. The Balaban J connectivity index is 2.09. The van der Waals surface area contributed by atoms with Crippen molar-refractivity contribution in [1.29, 1.82) is 0 Å². The molecule has 0 bridgehead atoms. The second-order valence-corrected chi connectivity index (χ2v) is 4.37. The average Bonchev–Trinajstić information content (AvgIpc) is 2.30. The topological polar surface area (TPSA) is 48.1 Å². The molecule has 0 aliphatic heterocycles. The maximum absolute atomic E-state index is 13.4. The van der Waals surface area contributed by atoms with Gasteiger partial charge in [0.2, 0.25) is 0 Å². The molecule has 17 heavy (non-hydrogen) atoms. The number of ether oxygens (including phenoxy) is 1. The smallest absolute Gasteiger partial charge is 0.165 e. The van der Waals surface area contributed by atoms with E-state index in [4.69, 9.17) is 10.5 Å². The van der Waals surface area contributed by atoms with Gasteiger partial charge in [0.05, 0.1) is 0 Å². The van der Waals surface area contributed by atoms with E-state index in [1.165, 1.54) is 6.07 Å². The van der Waals surface area contributed by atoms with Gasteiger partial charge in [0, 0.05) is 10.7 Å². The van der Waals surface area contributed by atoms with Crippen LogP contribution in [0.4, 0.5) is 10.2 Å². The minimum Gasteiger partial charge on any atom is -0.486 e. The van der Waals surface area contributed by atoms with Crippen LogP contribution in [0, 0.1) is 5.82 Å². The summed E-state index contributed by atoms with van der Waals surface area (Å²) in [4.78, 5) is 3.87. The van der Waals surface area contributed by atoms with E-state index in [1.807, 2.05) is 0 Å². The molecule has 0 amide bonds. The van der Waals surface area contributed by atoms with E-state index in [0.29, 0.717) is 5.82 Å². The van der Waals surface area contributed by atoms with E-state index in [9.17, 15) is 4.39 Å². The number of nitrogen functional groups attached to an aromatic ring is 1. The lowest BCUT2D eigenvalue weighted by molar-refractivity contribution is 0.290. The molecule has 1 aromatic heterocycles. The third-order valence-electron chi connectivity index (χ3n) is 2.13. The van der Waals surface area contributed by atoms with Crippen molar-refractivity contribution in [2.75, 3.05) is 5.73 Å². The van der Waals surface area contributed by atoms with Gasteiger partial charge in [0.15, 0.2) is 11.6 Å². The summed E-state index contributed by atoms with van der Waals surface area (Å²) < 4.78 is 19.5. The standard InChI is InChI=1S/C12H10BrFN2O/c13-9-1-2-10(14)11(6-9)17-7-8-3-4-16-12(15)5-8/h1-6H,7H2,(H2,15,16). The molecule has 0 unspecified atom stereocenters. The van der Waals surface area contributed by atoms with Crippen LogP contribution >= 0.6 is 15.9 Å². The number of rotatable bonds is 3. The summed E-state index contributed by atoms with van der Waals surface area (Å²) in [6, 6.07) is 8.01. The molecule has 5 heteroatoms. The van der Waals surface area contributed by atoms with Gasteiger partial charge in [-0.3, -0.25) is 0 Å². The van der Waals surface area contributed by atoms with Crippen LogP contribution in [0.3, 0.4) is 0 Å². The Morgan fingerprint density at radius 2 is 2.12 bits per heavy atom. The third kappa shape index (κ3) is 3.17. The van der Waals surface area contributed by atoms with E-state index in [2.05, 4.69) is 20.9 Å². The SMILES string of the molecule is Nc1cc(COc2cc(Br)ccc2F)ccn1. The van der Waals surface area contributed by atoms with Gasteiger partial charge in [0.25, 0.3) is 0 Å². The molecule has 2 aromatic rings. The molecule has 2 rings (SSSR count). The van der Waals surface area contributed by atoms with Gasteiger partial charge in [-0.25, -0.2) is 9.37 Å². The van der Waals surface area contributed by atoms with Crippen molar-refractivity contribution in [3.05, 3.63) is 52.4 Å². The zero-order valence-electron chi connectivity index (χ0n) is 8.86. The molecule has 0 saturated carbocycles. The van der Waals surface area contributed by atoms with Crippen molar-refractivity contribution >= 4 is 21.7 Å². The molecule has 88 valence electrons. The summed E-state index contributed by atoms with van der Waals surface area (Å²) in [6.45, 7) is 0.250. The van der Waals surface area contributed by atoms with Crippen LogP contribution in [-0.4, -0.2) is 4.98 Å². The maximum Gasteiger partial charge on any atom is 0.165 e. The lowest BCUT2D eigenvalue weighted by Gasteiger charge is -2.07. The number of aromatic nitrogens is 1. The van der Waals surface area contributed by atoms with E-state index in [0.717, 1.165) is 10.0 Å². The first-order chi connectivity index (χ1) is 8.15. The van der Waals surface area contributed by atoms with Crippen LogP contribution in [0.25, 0.3) is 0 Å². The number of nitrogens with zero attached hydrogens (tertiary/aromatic N) is 1. The first-order valence-corrected chi connectivity index (χ1v) is 5.73. The molecule has 0 atom stereocenters. The molecule has 0 radical (unpaired) electrons. The zero-order chi connectivity index (χ0) is 12.3. The van der Waals surface area contributed by atoms with E-state index in [-0.39, 0.29) is 12.4 Å². The van der Waals surface area contributed by atoms with Gasteiger partial charge in [-0.15, -0.1) is 0 Å². The third-order valence-corrected chi connectivity index (χ3v) is 2.63. The van der Waals surface area contributed by atoms with E-state index in [1.54, 1.807) is 30.5 Å². The van der Waals surface area contributed by atoms with E-state index >= 15 is 0 Å². The number of pyridine rings is 1. The number of hydrogen-bond donors (Lipinski definition) is 1. The molecule has 1 heterocycles. The largest absolute Gasteiger partial charge is 0.486 e. The number of benzene rings is 1. The molecule has 0 aliphatic carbocycles. The number of hydrogen-bond acceptors (Lipinski definition) is 3. The van der Waals surface area contributed by atoms with Gasteiger partial charge in [-0.1, -0.05) is 15.9 Å². The molecule has 2 N–H and O–H groups in total. The van der Waals surface area contributed by atoms with Gasteiger partial charge in [0.1, 0.15) is 12.4 Å².